The minimum Gasteiger partial charge on any atom is -0.481 e. The summed E-state index contributed by atoms with van der Waals surface area (Å²) in [5.41, 5.74) is -1.63. The smallest absolute Gasteiger partial charge is 0.326 e. The molecule has 0 spiro atoms. The van der Waals surface area contributed by atoms with Gasteiger partial charge in [0.15, 0.2) is 0 Å². The van der Waals surface area contributed by atoms with Gasteiger partial charge in [0.25, 0.3) is 11.5 Å². The van der Waals surface area contributed by atoms with Crippen molar-refractivity contribution in [3.05, 3.63) is 32.6 Å². The van der Waals surface area contributed by atoms with E-state index in [2.05, 4.69) is 10.3 Å². The van der Waals surface area contributed by atoms with E-state index in [4.69, 9.17) is 0 Å². The van der Waals surface area contributed by atoms with E-state index in [-0.39, 0.29) is 5.69 Å². The molecule has 0 radical (unpaired) electrons. The molecular formula is C13H17N3O5. The Morgan fingerprint density at radius 2 is 1.86 bits per heavy atom. The van der Waals surface area contributed by atoms with Gasteiger partial charge in [-0.2, -0.15) is 0 Å². The normalized spacial score (nSPS) is 22.3. The maximum absolute atomic E-state index is 12.1. The average Bonchev–Trinajstić information content (AvgIpc) is 2.63. The number of carbonyl (C=O) groups is 2. The van der Waals surface area contributed by atoms with E-state index >= 15 is 0 Å². The van der Waals surface area contributed by atoms with Gasteiger partial charge in [-0.1, -0.05) is 19.3 Å². The van der Waals surface area contributed by atoms with Crippen LogP contribution < -0.4 is 16.6 Å². The van der Waals surface area contributed by atoms with Gasteiger partial charge in [0.05, 0.1) is 5.92 Å². The molecule has 1 aliphatic rings. The Balaban J connectivity index is 2.17. The number of rotatable bonds is 3. The van der Waals surface area contributed by atoms with Crippen molar-refractivity contribution in [2.45, 2.75) is 38.1 Å². The molecule has 1 aromatic heterocycles. The van der Waals surface area contributed by atoms with Crippen molar-refractivity contribution in [2.75, 3.05) is 0 Å². The topological polar surface area (TPSA) is 132 Å². The van der Waals surface area contributed by atoms with Crippen LogP contribution in [0.25, 0.3) is 0 Å². The molecule has 0 aromatic carbocycles. The Labute approximate surface area is 119 Å². The number of amides is 1. The molecule has 0 saturated heterocycles. The molecule has 8 nitrogen and oxygen atoms in total. The first-order valence-electron chi connectivity index (χ1n) is 6.84. The molecular weight excluding hydrogens is 278 g/mol. The van der Waals surface area contributed by atoms with Gasteiger partial charge in [-0.3, -0.25) is 19.4 Å². The summed E-state index contributed by atoms with van der Waals surface area (Å²) in [4.78, 5) is 49.9. The second-order valence-corrected chi connectivity index (χ2v) is 5.16. The fourth-order valence-electron chi connectivity index (χ4n) is 2.61. The summed E-state index contributed by atoms with van der Waals surface area (Å²) in [6.07, 6.45) is 3.64. The highest BCUT2D eigenvalue weighted by atomic mass is 16.4. The maximum atomic E-state index is 12.1. The third kappa shape index (κ3) is 3.80. The van der Waals surface area contributed by atoms with Crippen molar-refractivity contribution in [3.63, 3.8) is 0 Å². The van der Waals surface area contributed by atoms with Gasteiger partial charge < -0.3 is 15.4 Å². The fourth-order valence-corrected chi connectivity index (χ4v) is 2.61. The van der Waals surface area contributed by atoms with E-state index < -0.39 is 35.1 Å². The van der Waals surface area contributed by atoms with E-state index in [1.807, 2.05) is 4.98 Å². The second kappa shape index (κ2) is 6.38. The highest BCUT2D eigenvalue weighted by molar-refractivity contribution is 5.92. The van der Waals surface area contributed by atoms with Crippen molar-refractivity contribution in [3.8, 4) is 0 Å². The van der Waals surface area contributed by atoms with Gasteiger partial charge >= 0.3 is 11.7 Å². The van der Waals surface area contributed by atoms with Gasteiger partial charge in [-0.05, 0) is 12.8 Å². The van der Waals surface area contributed by atoms with Crippen LogP contribution >= 0.6 is 0 Å². The van der Waals surface area contributed by atoms with Crippen LogP contribution in [0.4, 0.5) is 0 Å². The Kier molecular flexibility index (Phi) is 4.56. The van der Waals surface area contributed by atoms with Crippen molar-refractivity contribution in [1.82, 2.24) is 15.3 Å². The van der Waals surface area contributed by atoms with E-state index in [0.29, 0.717) is 12.8 Å². The summed E-state index contributed by atoms with van der Waals surface area (Å²) in [6, 6.07) is 0.476. The fraction of sp³-hybridized carbons (Fsp3) is 0.538. The number of carbonyl (C=O) groups excluding carboxylic acids is 1. The number of nitrogens with one attached hydrogen (secondary N) is 3. The first-order valence-corrected chi connectivity index (χ1v) is 6.84. The lowest BCUT2D eigenvalue weighted by Crippen LogP contribution is -2.44. The highest BCUT2D eigenvalue weighted by Crippen LogP contribution is 2.24. The summed E-state index contributed by atoms with van der Waals surface area (Å²) in [5, 5.41) is 11.9. The van der Waals surface area contributed by atoms with Crippen LogP contribution in [0.15, 0.2) is 15.7 Å². The number of aromatic amines is 2. The monoisotopic (exact) mass is 295 g/mol. The van der Waals surface area contributed by atoms with Crippen LogP contribution in [0.3, 0.4) is 0 Å². The molecule has 2 atom stereocenters. The lowest BCUT2D eigenvalue weighted by Gasteiger charge is -2.22. The molecule has 1 fully saturated rings. The lowest BCUT2D eigenvalue weighted by atomic mass is 9.95. The molecule has 1 aliphatic carbocycles. The predicted octanol–water partition coefficient (Wildman–Crippen LogP) is -0.173. The van der Waals surface area contributed by atoms with Gasteiger partial charge in [0, 0.05) is 12.1 Å². The molecule has 1 saturated carbocycles. The van der Waals surface area contributed by atoms with E-state index in [1.165, 1.54) is 0 Å². The summed E-state index contributed by atoms with van der Waals surface area (Å²) in [5.74, 6) is -2.23. The number of hydrogen-bond donors (Lipinski definition) is 4. The Bertz CT molecular complexity index is 619. The zero-order valence-electron chi connectivity index (χ0n) is 11.3. The Morgan fingerprint density at radius 3 is 2.52 bits per heavy atom. The summed E-state index contributed by atoms with van der Waals surface area (Å²) < 4.78 is 0. The van der Waals surface area contributed by atoms with Crippen LogP contribution in [-0.2, 0) is 4.79 Å². The van der Waals surface area contributed by atoms with E-state index in [1.54, 1.807) is 0 Å². The molecule has 4 N–H and O–H groups in total. The third-order valence-electron chi connectivity index (χ3n) is 3.65. The quantitative estimate of drug-likeness (QED) is 0.575. The van der Waals surface area contributed by atoms with Gasteiger partial charge in [-0.15, -0.1) is 0 Å². The zero-order valence-corrected chi connectivity index (χ0v) is 11.3. The van der Waals surface area contributed by atoms with Crippen LogP contribution in [0, 0.1) is 5.92 Å². The second-order valence-electron chi connectivity index (χ2n) is 5.16. The minimum absolute atomic E-state index is 0.169. The van der Waals surface area contributed by atoms with Crippen molar-refractivity contribution in [1.29, 1.82) is 0 Å². The highest BCUT2D eigenvalue weighted by Gasteiger charge is 2.30. The molecule has 1 heterocycles. The van der Waals surface area contributed by atoms with Crippen LogP contribution in [0.2, 0.25) is 0 Å². The van der Waals surface area contributed by atoms with Crippen molar-refractivity contribution < 1.29 is 14.7 Å². The third-order valence-corrected chi connectivity index (χ3v) is 3.65. The standard InChI is InChI=1S/C13H17N3O5/c17-10-6-9(15-13(21)16-10)11(18)14-8-5-3-1-2-4-7(8)12(19)20/h6-8H,1-5H2,(H,14,18)(H,19,20)(H2,15,16,17,21). The number of H-pyrrole nitrogens is 2. The predicted molar refractivity (Wildman–Crippen MR) is 73.1 cm³/mol. The van der Waals surface area contributed by atoms with Gasteiger partial charge in [-0.25, -0.2) is 4.79 Å². The van der Waals surface area contributed by atoms with Crippen molar-refractivity contribution in [2.24, 2.45) is 5.92 Å². The van der Waals surface area contributed by atoms with Gasteiger partial charge in [0.2, 0.25) is 0 Å². The summed E-state index contributed by atoms with van der Waals surface area (Å²) in [7, 11) is 0. The van der Waals surface area contributed by atoms with Crippen LogP contribution in [0.1, 0.15) is 42.6 Å². The molecule has 1 aromatic rings. The summed E-state index contributed by atoms with van der Waals surface area (Å²) >= 11 is 0. The molecule has 114 valence electrons. The maximum Gasteiger partial charge on any atom is 0.326 e. The number of carboxylic acid groups (broad SMARTS) is 1. The zero-order chi connectivity index (χ0) is 15.4. The number of hydrogen-bond acceptors (Lipinski definition) is 4. The number of carboxylic acids is 1. The first kappa shape index (κ1) is 15.0. The molecule has 0 bridgehead atoms. The van der Waals surface area contributed by atoms with Crippen LogP contribution in [-0.4, -0.2) is 33.0 Å². The first-order chi connectivity index (χ1) is 9.97. The van der Waals surface area contributed by atoms with Crippen molar-refractivity contribution >= 4 is 11.9 Å². The molecule has 1 amide bonds. The number of aromatic nitrogens is 2. The molecule has 21 heavy (non-hydrogen) atoms. The van der Waals surface area contributed by atoms with E-state index in [9.17, 15) is 24.3 Å². The Morgan fingerprint density at radius 1 is 1.14 bits per heavy atom. The molecule has 2 rings (SSSR count). The molecule has 2 unspecified atom stereocenters. The van der Waals surface area contributed by atoms with E-state index in [0.717, 1.165) is 25.3 Å². The molecule has 8 heteroatoms. The number of aliphatic carboxylic acids is 1. The minimum atomic E-state index is -0.943. The lowest BCUT2D eigenvalue weighted by molar-refractivity contribution is -0.142. The largest absolute Gasteiger partial charge is 0.481 e. The molecule has 0 aliphatic heterocycles. The van der Waals surface area contributed by atoms with Crippen LogP contribution in [0.5, 0.6) is 0 Å². The summed E-state index contributed by atoms with van der Waals surface area (Å²) in [6.45, 7) is 0. The van der Waals surface area contributed by atoms with Gasteiger partial charge in [0.1, 0.15) is 5.69 Å². The SMILES string of the molecule is O=C(NC1CCCCCC1C(=O)O)c1cc(=O)[nH]c(=O)[nH]1. The average molecular weight is 295 g/mol. The Hall–Kier alpha value is -2.38.